The zero-order chi connectivity index (χ0) is 58.8. The number of hydrogen-bond donors (Lipinski definition) is 7. The fourth-order valence-electron chi connectivity index (χ4n) is 11.0. The number of benzene rings is 3. The fraction of sp³-hybridized carbons (Fsp3) is 0.492. The number of aryl methyl sites for hydroxylation is 1. The zero-order valence-electron chi connectivity index (χ0n) is 49.1. The largest absolute Gasteiger partial charge is 0.351 e. The first-order valence-electron chi connectivity index (χ1n) is 28.8. The lowest BCUT2D eigenvalue weighted by molar-refractivity contribution is -0.147. The van der Waals surface area contributed by atoms with Gasteiger partial charge in [0.15, 0.2) is 0 Å². The van der Waals surface area contributed by atoms with E-state index < -0.39 is 59.0 Å². The van der Waals surface area contributed by atoms with Crippen LogP contribution in [0.1, 0.15) is 150 Å². The van der Waals surface area contributed by atoms with Crippen LogP contribution in [0.15, 0.2) is 103 Å². The maximum atomic E-state index is 14.9. The van der Waals surface area contributed by atoms with Crippen molar-refractivity contribution in [2.75, 3.05) is 20.6 Å². The number of carbonyl (C=O) groups is 7. The summed E-state index contributed by atoms with van der Waals surface area (Å²) in [4.78, 5) is 102. The molecule has 2 aliphatic carbocycles. The third-order valence-electron chi connectivity index (χ3n) is 16.2. The van der Waals surface area contributed by atoms with Gasteiger partial charge in [-0.15, -0.1) is 0 Å². The monoisotopic (exact) mass is 1100 g/mol. The molecule has 0 aromatic heterocycles. The maximum Gasteiger partial charge on any atom is 0.251 e. The Bertz CT molecular complexity index is 2960. The van der Waals surface area contributed by atoms with Crippen LogP contribution >= 0.6 is 0 Å². The molecule has 2 heterocycles. The van der Waals surface area contributed by atoms with Crippen LogP contribution < -0.4 is 37.2 Å². The van der Waals surface area contributed by atoms with Crippen LogP contribution in [0.25, 0.3) is 0 Å². The van der Waals surface area contributed by atoms with Crippen LogP contribution in [0, 0.1) is 22.7 Å². The van der Waals surface area contributed by atoms with Crippen molar-refractivity contribution in [3.63, 3.8) is 0 Å². The molecule has 3 aromatic rings. The van der Waals surface area contributed by atoms with Crippen LogP contribution in [0.4, 0.5) is 0 Å². The van der Waals surface area contributed by atoms with Crippen LogP contribution in [0.2, 0.25) is 0 Å². The minimum Gasteiger partial charge on any atom is -0.351 e. The van der Waals surface area contributed by atoms with Gasteiger partial charge in [0.05, 0.1) is 18.1 Å². The lowest BCUT2D eigenvalue weighted by atomic mass is 9.83. The number of allylic oxidation sites excluding steroid dienone is 4. The molecule has 16 heteroatoms. The summed E-state index contributed by atoms with van der Waals surface area (Å²) in [5.41, 5.74) is 5.40. The van der Waals surface area contributed by atoms with Crippen molar-refractivity contribution in [1.82, 2.24) is 47.0 Å². The molecule has 1 saturated heterocycles. The Labute approximate surface area is 479 Å². The van der Waals surface area contributed by atoms with Crippen molar-refractivity contribution in [1.29, 1.82) is 0 Å². The highest BCUT2D eigenvalue weighted by Crippen LogP contribution is 2.33. The standard InChI is InChI=1S/C65H85N9O7/c1-40-19-13-12-14-23-49(24-17-20-40)68-60(78)54-37-50(39-74(54)63(81)56(65(7,8)9)72-58(76)42(3)67-11)69-59(77)46-32-29-43(30-33-46)27-28-44-31-34-47-36-53(61(79)70-52-26-18-22-45-21-15-16-25-51(45)52)73(38-48(47)35-44)62(80)55(64(4,5)6)71-57(75)41(2)66-10/h12-16,19,21,25,29-35,41-42,49-50,52-56,66-67H,1,17-18,20,22-24,26,36-39H2,2-11H3,(H,68,78)(H,69,77)(H,70,79)(H,71,75)(H,72,76)/b14-12-,19-13-/t41-,42-,49-,50-,52+,53-,54-,55+,56+/m0/s1. The summed E-state index contributed by atoms with van der Waals surface area (Å²) in [5, 5.41) is 21.4. The van der Waals surface area contributed by atoms with Gasteiger partial charge in [0.25, 0.3) is 5.91 Å². The predicted octanol–water partition coefficient (Wildman–Crippen LogP) is 6.24. The Morgan fingerprint density at radius 2 is 1.25 bits per heavy atom. The van der Waals surface area contributed by atoms with E-state index in [4.69, 9.17) is 0 Å². The van der Waals surface area contributed by atoms with Crippen molar-refractivity contribution in [3.8, 4) is 11.8 Å². The average Bonchev–Trinajstić information content (AvgIpc) is 4.00. The molecule has 3 aromatic carbocycles. The van der Waals surface area contributed by atoms with Crippen LogP contribution in [-0.2, 0) is 48.2 Å². The molecule has 81 heavy (non-hydrogen) atoms. The summed E-state index contributed by atoms with van der Waals surface area (Å²) < 4.78 is 0. The molecular formula is C65H85N9O7. The minimum atomic E-state index is -0.955. The number of hydrogen-bond acceptors (Lipinski definition) is 9. The van der Waals surface area contributed by atoms with E-state index in [1.807, 2.05) is 96.2 Å². The first-order valence-corrected chi connectivity index (χ1v) is 28.8. The number of nitrogens with zero attached hydrogens (tertiary/aromatic N) is 2. The smallest absolute Gasteiger partial charge is 0.251 e. The Balaban J connectivity index is 1.08. The van der Waals surface area contributed by atoms with Crippen molar-refractivity contribution >= 4 is 41.4 Å². The van der Waals surface area contributed by atoms with E-state index in [0.717, 1.165) is 60.8 Å². The molecule has 7 rings (SSSR count). The number of likely N-dealkylation sites (tertiary alicyclic amines) is 1. The molecule has 0 bridgehead atoms. The fourth-order valence-corrected chi connectivity index (χ4v) is 11.0. The summed E-state index contributed by atoms with van der Waals surface area (Å²) in [7, 11) is 3.35. The summed E-state index contributed by atoms with van der Waals surface area (Å²) >= 11 is 0. The van der Waals surface area contributed by atoms with Crippen molar-refractivity contribution in [2.45, 2.75) is 174 Å². The van der Waals surface area contributed by atoms with Crippen LogP contribution in [0.5, 0.6) is 0 Å². The van der Waals surface area contributed by atoms with E-state index in [2.05, 4.69) is 67.8 Å². The Hall–Kier alpha value is -7.35. The number of likely N-dealkylation sites (N-methyl/N-ethyl adjacent to an activating group) is 2. The van der Waals surface area contributed by atoms with E-state index in [1.54, 1.807) is 57.1 Å². The van der Waals surface area contributed by atoms with Crippen molar-refractivity contribution in [2.24, 2.45) is 10.8 Å². The number of nitrogens with one attached hydrogen (secondary N) is 7. The molecule has 0 radical (unpaired) electrons. The first-order chi connectivity index (χ1) is 38.4. The van der Waals surface area contributed by atoms with Crippen molar-refractivity contribution < 1.29 is 33.6 Å². The predicted molar refractivity (Wildman–Crippen MR) is 316 cm³/mol. The first kappa shape index (κ1) is 61.3. The molecule has 0 saturated carbocycles. The lowest BCUT2D eigenvalue weighted by Crippen LogP contribution is -2.62. The normalized spacial score (nSPS) is 22.3. The molecule has 2 aliphatic heterocycles. The van der Waals surface area contributed by atoms with Gasteiger partial charge < -0.3 is 47.0 Å². The minimum absolute atomic E-state index is 0.0607. The van der Waals surface area contributed by atoms with Gasteiger partial charge in [0, 0.05) is 48.3 Å². The van der Waals surface area contributed by atoms with Gasteiger partial charge in [-0.25, -0.2) is 0 Å². The highest BCUT2D eigenvalue weighted by molar-refractivity contribution is 5.97. The van der Waals surface area contributed by atoms with E-state index in [0.29, 0.717) is 23.1 Å². The summed E-state index contributed by atoms with van der Waals surface area (Å²) in [6.07, 6.45) is 14.0. The average molecular weight is 1100 g/mol. The van der Waals surface area contributed by atoms with Gasteiger partial charge in [0.2, 0.25) is 35.4 Å². The molecule has 16 nitrogen and oxygen atoms in total. The number of fused-ring (bicyclic) bond motifs is 2. The van der Waals surface area contributed by atoms with Crippen LogP contribution in [0.3, 0.4) is 0 Å². The Morgan fingerprint density at radius 3 is 1.90 bits per heavy atom. The second-order valence-corrected chi connectivity index (χ2v) is 24.5. The van der Waals surface area contributed by atoms with Gasteiger partial charge in [0.1, 0.15) is 24.2 Å². The van der Waals surface area contributed by atoms with Gasteiger partial charge >= 0.3 is 0 Å². The highest BCUT2D eigenvalue weighted by Gasteiger charge is 2.47. The SMILES string of the molecule is C=C1/C=C\C=C/C[C@H](NC(=O)[C@@H]2C[C@H](NC(=O)c3ccc(C#Cc4ccc5c(c4)CN(C(=O)[C@@H](NC(=O)[C@H](C)NC)C(C)(C)C)[C@H](C(=O)N[C@@H]4CCCc6ccccc64)C5)cc3)CN2C(=O)[C@@H](NC(=O)[C@H](C)NC)C(C)(C)C)CCC1. The van der Waals surface area contributed by atoms with E-state index in [1.165, 1.54) is 10.5 Å². The summed E-state index contributed by atoms with van der Waals surface area (Å²) in [6, 6.07) is 15.2. The molecule has 0 spiro atoms. The second-order valence-electron chi connectivity index (χ2n) is 24.5. The lowest BCUT2D eigenvalue weighted by Gasteiger charge is -2.41. The molecule has 7 amide bonds. The number of carbonyl (C=O) groups excluding carboxylic acids is 7. The molecule has 432 valence electrons. The Morgan fingerprint density at radius 1 is 0.642 bits per heavy atom. The van der Waals surface area contributed by atoms with E-state index >= 15 is 0 Å². The summed E-state index contributed by atoms with van der Waals surface area (Å²) in [5.74, 6) is 4.12. The molecule has 1 fully saturated rings. The molecular weight excluding hydrogens is 1020 g/mol. The van der Waals surface area contributed by atoms with Crippen molar-refractivity contribution in [3.05, 3.63) is 142 Å². The second kappa shape index (κ2) is 26.9. The molecule has 7 N–H and O–H groups in total. The number of rotatable bonds is 14. The van der Waals surface area contributed by atoms with E-state index in [-0.39, 0.29) is 73.5 Å². The van der Waals surface area contributed by atoms with E-state index in [9.17, 15) is 33.6 Å². The third-order valence-corrected chi connectivity index (χ3v) is 16.2. The van der Waals surface area contributed by atoms with Crippen LogP contribution in [-0.4, -0.2) is 120 Å². The molecule has 9 atom stereocenters. The highest BCUT2D eigenvalue weighted by atomic mass is 16.2. The van der Waals surface area contributed by atoms with Gasteiger partial charge in [-0.05, 0) is 149 Å². The molecule has 0 unspecified atom stereocenters. The maximum absolute atomic E-state index is 14.9. The van der Waals surface area contributed by atoms with Gasteiger partial charge in [-0.2, -0.15) is 0 Å². The third kappa shape index (κ3) is 15.8. The number of amides is 7. The topological polar surface area (TPSA) is 210 Å². The van der Waals surface area contributed by atoms with Gasteiger partial charge in [-0.3, -0.25) is 33.6 Å². The quantitative estimate of drug-likeness (QED) is 0.0911. The zero-order valence-corrected chi connectivity index (χ0v) is 49.1. The van der Waals surface area contributed by atoms with Gasteiger partial charge in [-0.1, -0.05) is 120 Å². The summed E-state index contributed by atoms with van der Waals surface area (Å²) in [6.45, 7) is 19.1. The molecule has 4 aliphatic rings. The Kier molecular flexibility index (Phi) is 20.4.